The highest BCUT2D eigenvalue weighted by molar-refractivity contribution is 6.83. The van der Waals surface area contributed by atoms with Crippen molar-refractivity contribution in [1.29, 1.82) is 0 Å². The van der Waals surface area contributed by atoms with E-state index in [0.717, 1.165) is 6.04 Å². The Hall–Kier alpha value is -1.88. The molecule has 4 nitrogen and oxygen atoms in total. The molecule has 1 fully saturated rings. The number of allylic oxidation sites excluding steroid dienone is 2. The summed E-state index contributed by atoms with van der Waals surface area (Å²) in [5, 5.41) is 1.38. The summed E-state index contributed by atoms with van der Waals surface area (Å²) < 4.78 is 9.93. The van der Waals surface area contributed by atoms with Crippen molar-refractivity contribution in [3.63, 3.8) is 0 Å². The Morgan fingerprint density at radius 3 is 2.15 bits per heavy atom. The van der Waals surface area contributed by atoms with Crippen LogP contribution in [0.3, 0.4) is 0 Å². The van der Waals surface area contributed by atoms with Crippen molar-refractivity contribution in [1.82, 2.24) is 0 Å². The van der Waals surface area contributed by atoms with Crippen molar-refractivity contribution >= 4 is 20.0 Å². The number of hydrogen-bond donors (Lipinski definition) is 0. The van der Waals surface area contributed by atoms with Gasteiger partial charge in [0.25, 0.3) is 0 Å². The van der Waals surface area contributed by atoms with E-state index in [-0.39, 0.29) is 5.92 Å². The minimum Gasteiger partial charge on any atom is -0.468 e. The van der Waals surface area contributed by atoms with E-state index in [2.05, 4.69) is 51.2 Å². The molecule has 0 aromatic heterocycles. The quantitative estimate of drug-likeness (QED) is 0.442. The second-order valence-corrected chi connectivity index (χ2v) is 12.9. The molecule has 1 aromatic rings. The van der Waals surface area contributed by atoms with Gasteiger partial charge < -0.3 is 9.47 Å². The topological polar surface area (TPSA) is 52.6 Å². The Morgan fingerprint density at radius 2 is 1.65 bits per heavy atom. The Kier molecular flexibility index (Phi) is 6.12. The zero-order valence-corrected chi connectivity index (χ0v) is 17.7. The maximum Gasteiger partial charge on any atom is 0.323 e. The molecule has 1 atom stereocenters. The van der Waals surface area contributed by atoms with Crippen LogP contribution in [0.25, 0.3) is 0 Å². The van der Waals surface area contributed by atoms with Crippen LogP contribution in [0.1, 0.15) is 32.3 Å². The summed E-state index contributed by atoms with van der Waals surface area (Å²) in [4.78, 5) is 24.9. The van der Waals surface area contributed by atoms with Crippen molar-refractivity contribution in [3.05, 3.63) is 46.7 Å². The number of ether oxygens (including phenoxy) is 2. The van der Waals surface area contributed by atoms with E-state index in [4.69, 9.17) is 9.47 Å². The first-order valence-corrected chi connectivity index (χ1v) is 12.3. The predicted octanol–water partition coefficient (Wildman–Crippen LogP) is 4.09. The van der Waals surface area contributed by atoms with Crippen LogP contribution >= 0.6 is 0 Å². The lowest BCUT2D eigenvalue weighted by Gasteiger charge is -2.28. The summed E-state index contributed by atoms with van der Waals surface area (Å²) in [5.41, 5.74) is 1.37. The highest BCUT2D eigenvalue weighted by Gasteiger charge is 2.55. The lowest BCUT2D eigenvalue weighted by molar-refractivity contribution is -0.168. The highest BCUT2D eigenvalue weighted by Crippen LogP contribution is 2.49. The van der Waals surface area contributed by atoms with Gasteiger partial charge in [-0.3, -0.25) is 9.59 Å². The maximum atomic E-state index is 12.5. The monoisotopic (exact) mass is 374 g/mol. The minimum absolute atomic E-state index is 0.163. The number of carbonyl (C=O) groups excluding carboxylic acids is 2. The summed E-state index contributed by atoms with van der Waals surface area (Å²) >= 11 is 0. The second kappa shape index (κ2) is 7.78. The van der Waals surface area contributed by atoms with Gasteiger partial charge in [0.15, 0.2) is 5.41 Å². The number of benzene rings is 1. The van der Waals surface area contributed by atoms with E-state index >= 15 is 0 Å². The second-order valence-electron chi connectivity index (χ2n) is 8.04. The molecule has 26 heavy (non-hydrogen) atoms. The molecule has 0 aliphatic heterocycles. The number of esters is 2. The fourth-order valence-electron chi connectivity index (χ4n) is 4.18. The molecule has 1 aromatic carbocycles. The fraction of sp³-hybridized carbons (Fsp3) is 0.524. The van der Waals surface area contributed by atoms with Crippen molar-refractivity contribution in [2.75, 3.05) is 14.2 Å². The average molecular weight is 375 g/mol. The van der Waals surface area contributed by atoms with Crippen LogP contribution < -0.4 is 0 Å². The van der Waals surface area contributed by atoms with Gasteiger partial charge in [0.1, 0.15) is 0 Å². The number of hydrogen-bond acceptors (Lipinski definition) is 4. The molecule has 1 unspecified atom stereocenters. The number of carbonyl (C=O) groups is 2. The lowest BCUT2D eigenvalue weighted by Crippen LogP contribution is -2.39. The first kappa shape index (κ1) is 20.4. The maximum absolute atomic E-state index is 12.5. The number of rotatable bonds is 5. The highest BCUT2D eigenvalue weighted by atomic mass is 28.3. The van der Waals surface area contributed by atoms with Crippen LogP contribution in [0.15, 0.2) is 41.1 Å². The Bertz CT molecular complexity index is 690. The van der Waals surface area contributed by atoms with Crippen molar-refractivity contribution in [3.8, 4) is 0 Å². The summed E-state index contributed by atoms with van der Waals surface area (Å²) in [6, 6.07) is 11.5. The van der Waals surface area contributed by atoms with Crippen molar-refractivity contribution < 1.29 is 19.1 Å². The smallest absolute Gasteiger partial charge is 0.323 e. The fourth-order valence-corrected chi connectivity index (χ4v) is 6.90. The van der Waals surface area contributed by atoms with Crippen LogP contribution in [0, 0.1) is 11.3 Å². The molecule has 0 bridgehead atoms. The molecule has 0 spiro atoms. The van der Waals surface area contributed by atoms with Gasteiger partial charge >= 0.3 is 11.9 Å². The molecule has 5 heteroatoms. The van der Waals surface area contributed by atoms with Gasteiger partial charge in [-0.15, -0.1) is 0 Å². The Labute approximate surface area is 157 Å². The summed E-state index contributed by atoms with van der Waals surface area (Å²) in [5.74, 6) is -0.807. The molecule has 0 N–H and O–H groups in total. The van der Waals surface area contributed by atoms with Crippen LogP contribution in [-0.4, -0.2) is 34.2 Å². The Morgan fingerprint density at radius 1 is 1.12 bits per heavy atom. The van der Waals surface area contributed by atoms with Crippen LogP contribution in [0.5, 0.6) is 0 Å². The van der Waals surface area contributed by atoms with Gasteiger partial charge in [0.05, 0.1) is 22.3 Å². The molecule has 1 aliphatic rings. The van der Waals surface area contributed by atoms with E-state index in [0.29, 0.717) is 12.8 Å². The van der Waals surface area contributed by atoms with Gasteiger partial charge in [-0.2, -0.15) is 0 Å². The largest absolute Gasteiger partial charge is 0.468 e. The predicted molar refractivity (Wildman–Crippen MR) is 105 cm³/mol. The Balaban J connectivity index is 2.39. The van der Waals surface area contributed by atoms with Gasteiger partial charge in [-0.1, -0.05) is 66.7 Å². The standard InChI is InChI=1S/C21H30O4Si/c1-15-12-21(19(22)24-3,20(23)25-4)13-18(15)16(2)26(5,6)14-17-10-8-7-9-11-17/h7-11,15H,12-14H2,1-6H3/b18-16-. The third-order valence-corrected chi connectivity index (χ3v) is 9.52. The molecule has 0 amide bonds. The van der Waals surface area contributed by atoms with E-state index in [9.17, 15) is 9.59 Å². The molecule has 1 aliphatic carbocycles. The molecule has 142 valence electrons. The molecular weight excluding hydrogens is 344 g/mol. The van der Waals surface area contributed by atoms with Crippen molar-refractivity contribution in [2.45, 2.75) is 45.8 Å². The van der Waals surface area contributed by atoms with Gasteiger partial charge in [0, 0.05) is 0 Å². The lowest BCUT2D eigenvalue weighted by atomic mass is 9.85. The minimum atomic E-state index is -1.73. The first-order chi connectivity index (χ1) is 12.2. The third-order valence-electron chi connectivity index (χ3n) is 5.88. The third kappa shape index (κ3) is 3.77. The van der Waals surface area contributed by atoms with Crippen LogP contribution in [0.2, 0.25) is 13.1 Å². The van der Waals surface area contributed by atoms with Gasteiger partial charge in [-0.25, -0.2) is 0 Å². The molecule has 0 radical (unpaired) electrons. The molecule has 1 saturated carbocycles. The van der Waals surface area contributed by atoms with Gasteiger partial charge in [-0.05, 0) is 31.7 Å². The average Bonchev–Trinajstić information content (AvgIpc) is 2.98. The van der Waals surface area contributed by atoms with E-state index < -0.39 is 25.4 Å². The zero-order chi connectivity index (χ0) is 19.5. The molecular formula is C21H30O4Si. The molecule has 2 rings (SSSR count). The SMILES string of the molecule is COC(=O)C1(C(=O)OC)C/C(=C(\C)[Si](C)(C)Cc2ccccc2)C(C)C1. The van der Waals surface area contributed by atoms with Crippen LogP contribution in [0.4, 0.5) is 0 Å². The van der Waals surface area contributed by atoms with E-state index in [1.165, 1.54) is 30.6 Å². The number of methoxy groups -OCH3 is 2. The molecule has 0 heterocycles. The summed E-state index contributed by atoms with van der Waals surface area (Å²) in [6.45, 7) is 8.99. The first-order valence-electron chi connectivity index (χ1n) is 9.09. The normalized spacial score (nSPS) is 21.2. The summed E-state index contributed by atoms with van der Waals surface area (Å²) in [6.07, 6.45) is 0.861. The van der Waals surface area contributed by atoms with Gasteiger partial charge in [0.2, 0.25) is 0 Å². The molecule has 0 saturated heterocycles. The van der Waals surface area contributed by atoms with Crippen LogP contribution in [-0.2, 0) is 25.1 Å². The summed E-state index contributed by atoms with van der Waals surface area (Å²) in [7, 11) is 0.936. The van der Waals surface area contributed by atoms with Crippen molar-refractivity contribution in [2.24, 2.45) is 11.3 Å². The zero-order valence-electron chi connectivity index (χ0n) is 16.7. The van der Waals surface area contributed by atoms with E-state index in [1.807, 2.05) is 6.07 Å². The van der Waals surface area contributed by atoms with E-state index in [1.54, 1.807) is 0 Å².